The monoisotopic (exact) mass is 279 g/mol. The number of carbonyl (C=O) groups is 1. The van der Waals surface area contributed by atoms with Crippen LogP contribution in [0, 0.1) is 13.8 Å². The van der Waals surface area contributed by atoms with E-state index in [-0.39, 0.29) is 18.9 Å². The number of thiophene rings is 1. The van der Waals surface area contributed by atoms with Crippen LogP contribution in [0.2, 0.25) is 0 Å². The van der Waals surface area contributed by atoms with E-state index in [1.807, 2.05) is 13.8 Å². The molecule has 0 aliphatic carbocycles. The molecule has 0 unspecified atom stereocenters. The molecule has 0 N–H and O–H groups in total. The van der Waals surface area contributed by atoms with Crippen LogP contribution >= 0.6 is 11.3 Å². The fourth-order valence-corrected chi connectivity index (χ4v) is 2.58. The second-order valence-corrected chi connectivity index (χ2v) is 5.81. The van der Waals surface area contributed by atoms with Gasteiger partial charge < -0.3 is 0 Å². The van der Waals surface area contributed by atoms with Crippen LogP contribution in [-0.4, -0.2) is 37.0 Å². The summed E-state index contributed by atoms with van der Waals surface area (Å²) < 4.78 is 36.1. The standard InChI is InChI=1S/C12H16F3NOS/c1-8-6-10(9(2)18-8)11(17)7-16(3)5-4-12(13,14)15/h6H,4-5,7H2,1-3H3. The predicted molar refractivity (Wildman–Crippen MR) is 66.3 cm³/mol. The summed E-state index contributed by atoms with van der Waals surface area (Å²) >= 11 is 1.52. The number of rotatable bonds is 5. The molecule has 0 saturated carbocycles. The highest BCUT2D eigenvalue weighted by atomic mass is 32.1. The molecule has 0 aliphatic rings. The highest BCUT2D eigenvalue weighted by Gasteiger charge is 2.27. The predicted octanol–water partition coefficient (Wildman–Crippen LogP) is 3.43. The van der Waals surface area contributed by atoms with Gasteiger partial charge in [0.2, 0.25) is 0 Å². The summed E-state index contributed by atoms with van der Waals surface area (Å²) in [6.07, 6.45) is -5.06. The van der Waals surface area contributed by atoms with Gasteiger partial charge in [0.25, 0.3) is 0 Å². The van der Waals surface area contributed by atoms with Gasteiger partial charge in [-0.05, 0) is 27.0 Å². The number of carbonyl (C=O) groups excluding carboxylic acids is 1. The summed E-state index contributed by atoms with van der Waals surface area (Å²) in [5.74, 6) is -0.124. The molecule has 1 heterocycles. The van der Waals surface area contributed by atoms with E-state index in [0.29, 0.717) is 5.56 Å². The van der Waals surface area contributed by atoms with Gasteiger partial charge in [0.05, 0.1) is 13.0 Å². The van der Waals surface area contributed by atoms with Gasteiger partial charge in [-0.2, -0.15) is 13.2 Å². The number of halogens is 3. The number of alkyl halides is 3. The first-order chi connectivity index (χ1) is 8.19. The van der Waals surface area contributed by atoms with Crippen molar-refractivity contribution in [3.05, 3.63) is 21.4 Å². The Morgan fingerprint density at radius 2 is 2.00 bits per heavy atom. The van der Waals surface area contributed by atoms with Crippen molar-refractivity contribution < 1.29 is 18.0 Å². The summed E-state index contributed by atoms with van der Waals surface area (Å²) in [5, 5.41) is 0. The molecule has 1 aromatic rings. The summed E-state index contributed by atoms with van der Waals surface area (Å²) in [7, 11) is 1.53. The highest BCUT2D eigenvalue weighted by Crippen LogP contribution is 2.22. The van der Waals surface area contributed by atoms with Gasteiger partial charge in [-0.3, -0.25) is 9.69 Å². The minimum atomic E-state index is -4.17. The quantitative estimate of drug-likeness (QED) is 0.770. The summed E-state index contributed by atoms with van der Waals surface area (Å²) in [5.41, 5.74) is 0.622. The average Bonchev–Trinajstić information content (AvgIpc) is 2.54. The topological polar surface area (TPSA) is 20.3 Å². The average molecular weight is 279 g/mol. The van der Waals surface area contributed by atoms with Gasteiger partial charge >= 0.3 is 6.18 Å². The maximum atomic E-state index is 12.0. The smallest absolute Gasteiger partial charge is 0.299 e. The van der Waals surface area contributed by atoms with Crippen molar-refractivity contribution in [2.45, 2.75) is 26.4 Å². The Balaban J connectivity index is 2.52. The Morgan fingerprint density at radius 3 is 2.44 bits per heavy atom. The van der Waals surface area contributed by atoms with Gasteiger partial charge in [-0.15, -0.1) is 11.3 Å². The van der Waals surface area contributed by atoms with E-state index < -0.39 is 12.6 Å². The van der Waals surface area contributed by atoms with E-state index in [0.717, 1.165) is 9.75 Å². The molecular weight excluding hydrogens is 263 g/mol. The highest BCUT2D eigenvalue weighted by molar-refractivity contribution is 7.12. The van der Waals surface area contributed by atoms with E-state index >= 15 is 0 Å². The van der Waals surface area contributed by atoms with Crippen molar-refractivity contribution >= 4 is 17.1 Å². The minimum absolute atomic E-state index is 0.0209. The van der Waals surface area contributed by atoms with E-state index in [9.17, 15) is 18.0 Å². The molecule has 1 rings (SSSR count). The van der Waals surface area contributed by atoms with Gasteiger partial charge in [0, 0.05) is 21.9 Å². The summed E-state index contributed by atoms with van der Waals surface area (Å²) in [6, 6.07) is 1.79. The van der Waals surface area contributed by atoms with Crippen LogP contribution in [0.1, 0.15) is 26.5 Å². The van der Waals surface area contributed by atoms with E-state index in [2.05, 4.69) is 0 Å². The maximum Gasteiger partial charge on any atom is 0.390 e. The third kappa shape index (κ3) is 4.78. The lowest BCUT2D eigenvalue weighted by Gasteiger charge is -2.16. The largest absolute Gasteiger partial charge is 0.390 e. The molecule has 0 atom stereocenters. The molecule has 0 aromatic carbocycles. The van der Waals surface area contributed by atoms with Crippen LogP contribution in [-0.2, 0) is 0 Å². The van der Waals surface area contributed by atoms with Crippen LogP contribution in [0.3, 0.4) is 0 Å². The molecule has 2 nitrogen and oxygen atoms in total. The van der Waals surface area contributed by atoms with Gasteiger partial charge in [0.15, 0.2) is 5.78 Å². The minimum Gasteiger partial charge on any atom is -0.299 e. The van der Waals surface area contributed by atoms with E-state index in [1.54, 1.807) is 6.07 Å². The molecule has 0 amide bonds. The number of likely N-dealkylation sites (N-methyl/N-ethyl adjacent to an activating group) is 1. The van der Waals surface area contributed by atoms with Gasteiger partial charge in [0.1, 0.15) is 0 Å². The van der Waals surface area contributed by atoms with Crippen molar-refractivity contribution in [1.82, 2.24) is 4.90 Å². The molecule has 6 heteroatoms. The van der Waals surface area contributed by atoms with Crippen molar-refractivity contribution in [2.75, 3.05) is 20.1 Å². The number of nitrogens with zero attached hydrogens (tertiary/aromatic N) is 1. The molecule has 0 bridgehead atoms. The second kappa shape index (κ2) is 5.84. The molecule has 102 valence electrons. The Hall–Kier alpha value is -0.880. The summed E-state index contributed by atoms with van der Waals surface area (Å²) in [4.78, 5) is 15.3. The fraction of sp³-hybridized carbons (Fsp3) is 0.583. The molecule has 1 aromatic heterocycles. The normalized spacial score (nSPS) is 12.2. The SMILES string of the molecule is Cc1cc(C(=O)CN(C)CCC(F)(F)F)c(C)s1. The van der Waals surface area contributed by atoms with E-state index in [4.69, 9.17) is 0 Å². The van der Waals surface area contributed by atoms with Crippen LogP contribution in [0.25, 0.3) is 0 Å². The van der Waals surface area contributed by atoms with Crippen molar-refractivity contribution in [3.8, 4) is 0 Å². The van der Waals surface area contributed by atoms with Gasteiger partial charge in [-0.1, -0.05) is 0 Å². The molecule has 0 radical (unpaired) electrons. The van der Waals surface area contributed by atoms with E-state index in [1.165, 1.54) is 23.3 Å². The molecule has 0 fully saturated rings. The van der Waals surface area contributed by atoms with Crippen LogP contribution < -0.4 is 0 Å². The first kappa shape index (κ1) is 15.2. The van der Waals surface area contributed by atoms with Crippen molar-refractivity contribution in [1.29, 1.82) is 0 Å². The molecule has 0 spiro atoms. The lowest BCUT2D eigenvalue weighted by atomic mass is 10.1. The van der Waals surface area contributed by atoms with Crippen LogP contribution in [0.5, 0.6) is 0 Å². The number of hydrogen-bond acceptors (Lipinski definition) is 3. The third-order valence-corrected chi connectivity index (χ3v) is 3.50. The first-order valence-corrected chi connectivity index (χ1v) is 6.36. The van der Waals surface area contributed by atoms with Crippen LogP contribution in [0.15, 0.2) is 6.07 Å². The Bertz CT molecular complexity index is 425. The number of hydrogen-bond donors (Lipinski definition) is 0. The van der Waals surface area contributed by atoms with Crippen LogP contribution in [0.4, 0.5) is 13.2 Å². The zero-order valence-electron chi connectivity index (χ0n) is 10.6. The molecule has 0 saturated heterocycles. The number of Topliss-reactive ketones (excluding diaryl/α,β-unsaturated/α-hetero) is 1. The Morgan fingerprint density at radius 1 is 1.39 bits per heavy atom. The summed E-state index contributed by atoms with van der Waals surface area (Å²) in [6.45, 7) is 3.62. The maximum absolute atomic E-state index is 12.0. The third-order valence-electron chi connectivity index (χ3n) is 2.53. The Labute approximate surface area is 108 Å². The second-order valence-electron chi connectivity index (χ2n) is 4.35. The molecule has 18 heavy (non-hydrogen) atoms. The number of aryl methyl sites for hydroxylation is 2. The molecule has 0 aliphatic heterocycles. The molecular formula is C12H16F3NOS. The van der Waals surface area contributed by atoms with Gasteiger partial charge in [-0.25, -0.2) is 0 Å². The zero-order chi connectivity index (χ0) is 13.9. The number of ketones is 1. The van der Waals surface area contributed by atoms with Crippen molar-refractivity contribution in [2.24, 2.45) is 0 Å². The lowest BCUT2D eigenvalue weighted by molar-refractivity contribution is -0.137. The zero-order valence-corrected chi connectivity index (χ0v) is 11.4. The Kier molecular flexibility index (Phi) is 4.92. The lowest BCUT2D eigenvalue weighted by Crippen LogP contribution is -2.29. The fourth-order valence-electron chi connectivity index (χ4n) is 1.63. The first-order valence-electron chi connectivity index (χ1n) is 5.54. The van der Waals surface area contributed by atoms with Crippen molar-refractivity contribution in [3.63, 3.8) is 0 Å².